The van der Waals surface area contributed by atoms with Crippen LogP contribution in [0.5, 0.6) is 11.8 Å². The second-order valence-electron chi connectivity index (χ2n) is 9.90. The van der Waals surface area contributed by atoms with E-state index in [0.29, 0.717) is 42.4 Å². The topological polar surface area (TPSA) is 108 Å². The number of amides is 1. The normalized spacial score (nSPS) is 11.9. The van der Waals surface area contributed by atoms with E-state index in [4.69, 9.17) is 14.6 Å². The molecule has 1 amide bonds. The molecule has 2 aromatic carbocycles. The lowest BCUT2D eigenvalue weighted by Crippen LogP contribution is -2.27. The van der Waals surface area contributed by atoms with Crippen molar-refractivity contribution in [2.24, 2.45) is 5.92 Å². The Morgan fingerprint density at radius 2 is 1.82 bits per heavy atom. The molecule has 2 heterocycles. The first kappa shape index (κ1) is 28.9. The number of fused-ring (bicyclic) bond motifs is 1. The minimum atomic E-state index is -0.106. The summed E-state index contributed by atoms with van der Waals surface area (Å²) in [5.74, 6) is 1.01. The number of aromatic nitrogens is 4. The maximum absolute atomic E-state index is 12.8. The molecular weight excluding hydrogens is 506 g/mol. The molecule has 9 nitrogen and oxygen atoms in total. The average molecular weight is 544 g/mol. The number of ether oxygens (including phenoxy) is 2. The Balaban J connectivity index is 1.32. The Bertz CT molecular complexity index is 1400. The Hall–Kier alpha value is -4.11. The zero-order valence-corrected chi connectivity index (χ0v) is 23.4. The summed E-state index contributed by atoms with van der Waals surface area (Å²) in [6.45, 7) is 5.86. The minimum absolute atomic E-state index is 0.106. The van der Waals surface area contributed by atoms with E-state index >= 15 is 0 Å². The number of ketones is 1. The van der Waals surface area contributed by atoms with Crippen LogP contribution in [-0.4, -0.2) is 51.7 Å². The molecular formula is C31H37N5O4. The first-order valence-electron chi connectivity index (χ1n) is 13.8. The van der Waals surface area contributed by atoms with E-state index in [9.17, 15) is 9.59 Å². The molecule has 1 atom stereocenters. The fourth-order valence-corrected chi connectivity index (χ4v) is 4.83. The highest BCUT2D eigenvalue weighted by Crippen LogP contribution is 2.24. The third-order valence-corrected chi connectivity index (χ3v) is 6.93. The number of aryl methyl sites for hydroxylation is 1. The summed E-state index contributed by atoms with van der Waals surface area (Å²) >= 11 is 0. The number of carbonyl (C=O) groups excluding carboxylic acids is 2. The Morgan fingerprint density at radius 3 is 2.55 bits per heavy atom. The molecule has 1 N–H and O–H groups in total. The quantitative estimate of drug-likeness (QED) is 0.150. The van der Waals surface area contributed by atoms with Crippen molar-refractivity contribution in [2.45, 2.75) is 52.5 Å². The van der Waals surface area contributed by atoms with E-state index in [-0.39, 0.29) is 17.7 Å². The van der Waals surface area contributed by atoms with E-state index in [1.165, 1.54) is 0 Å². The zero-order chi connectivity index (χ0) is 28.3. The van der Waals surface area contributed by atoms with Crippen molar-refractivity contribution in [2.75, 3.05) is 20.3 Å². The molecule has 0 saturated carbocycles. The Morgan fingerprint density at radius 1 is 1.05 bits per heavy atom. The molecule has 0 aliphatic heterocycles. The molecule has 4 aromatic rings. The molecule has 0 radical (unpaired) electrons. The number of benzene rings is 2. The van der Waals surface area contributed by atoms with Gasteiger partial charge in [-0.25, -0.2) is 9.97 Å². The summed E-state index contributed by atoms with van der Waals surface area (Å²) in [5.41, 5.74) is 3.12. The van der Waals surface area contributed by atoms with Gasteiger partial charge in [0, 0.05) is 61.7 Å². The van der Waals surface area contributed by atoms with Crippen molar-refractivity contribution in [3.05, 3.63) is 77.7 Å². The largest absolute Gasteiger partial charge is 0.424 e. The van der Waals surface area contributed by atoms with E-state index in [1.807, 2.05) is 29.9 Å². The van der Waals surface area contributed by atoms with Gasteiger partial charge in [-0.1, -0.05) is 13.3 Å². The number of nitrogens with zero attached hydrogens (tertiary/aromatic N) is 4. The summed E-state index contributed by atoms with van der Waals surface area (Å²) in [7, 11) is 1.61. The number of hydrogen-bond acceptors (Lipinski definition) is 7. The molecule has 0 spiro atoms. The fourth-order valence-electron chi connectivity index (χ4n) is 4.83. The van der Waals surface area contributed by atoms with Crippen molar-refractivity contribution in [3.63, 3.8) is 0 Å². The van der Waals surface area contributed by atoms with Crippen molar-refractivity contribution < 1.29 is 19.1 Å². The van der Waals surface area contributed by atoms with Crippen LogP contribution < -0.4 is 10.1 Å². The molecule has 0 aliphatic rings. The second kappa shape index (κ2) is 14.3. The summed E-state index contributed by atoms with van der Waals surface area (Å²) in [5, 5.41) is 8.65. The smallest absolute Gasteiger partial charge is 0.321 e. The van der Waals surface area contributed by atoms with Gasteiger partial charge in [-0.3, -0.25) is 14.3 Å². The van der Waals surface area contributed by atoms with Crippen molar-refractivity contribution >= 4 is 22.6 Å². The van der Waals surface area contributed by atoms with Gasteiger partial charge in [-0.05, 0) is 80.1 Å². The second-order valence-corrected chi connectivity index (χ2v) is 9.90. The van der Waals surface area contributed by atoms with Crippen LogP contribution in [0.25, 0.3) is 10.9 Å². The van der Waals surface area contributed by atoms with Crippen LogP contribution in [0.2, 0.25) is 0 Å². The first-order chi connectivity index (χ1) is 19.5. The van der Waals surface area contributed by atoms with Crippen molar-refractivity contribution in [1.82, 2.24) is 25.1 Å². The van der Waals surface area contributed by atoms with E-state index in [1.54, 1.807) is 49.8 Å². The highest BCUT2D eigenvalue weighted by atomic mass is 16.5. The van der Waals surface area contributed by atoms with Crippen molar-refractivity contribution in [3.8, 4) is 11.8 Å². The number of carbonyl (C=O) groups is 2. The molecule has 40 heavy (non-hydrogen) atoms. The van der Waals surface area contributed by atoms with Crippen molar-refractivity contribution in [1.29, 1.82) is 0 Å². The van der Waals surface area contributed by atoms with Gasteiger partial charge in [-0.15, -0.1) is 0 Å². The van der Waals surface area contributed by atoms with Gasteiger partial charge in [0.1, 0.15) is 5.75 Å². The highest BCUT2D eigenvalue weighted by Gasteiger charge is 2.16. The Kier molecular flexibility index (Phi) is 10.3. The van der Waals surface area contributed by atoms with Gasteiger partial charge in [-0.2, -0.15) is 5.10 Å². The van der Waals surface area contributed by atoms with E-state index in [2.05, 4.69) is 22.2 Å². The van der Waals surface area contributed by atoms with Gasteiger partial charge >= 0.3 is 6.01 Å². The summed E-state index contributed by atoms with van der Waals surface area (Å²) in [6, 6.07) is 12.8. The highest BCUT2D eigenvalue weighted by molar-refractivity contribution is 6.00. The third-order valence-electron chi connectivity index (χ3n) is 6.93. The predicted molar refractivity (Wildman–Crippen MR) is 154 cm³/mol. The Labute approximate surface area is 234 Å². The van der Waals surface area contributed by atoms with Gasteiger partial charge in [0.25, 0.3) is 5.91 Å². The van der Waals surface area contributed by atoms with Gasteiger partial charge in [0.05, 0.1) is 12.1 Å². The predicted octanol–water partition coefficient (Wildman–Crippen LogP) is 5.77. The minimum Gasteiger partial charge on any atom is -0.424 e. The molecule has 0 saturated heterocycles. The monoisotopic (exact) mass is 543 g/mol. The fraction of sp³-hybridized carbons (Fsp3) is 0.387. The van der Waals surface area contributed by atoms with Gasteiger partial charge < -0.3 is 14.8 Å². The number of nitrogens with one attached hydrogen (secondary N) is 1. The van der Waals surface area contributed by atoms with E-state index in [0.717, 1.165) is 48.7 Å². The molecule has 2 aromatic heterocycles. The molecule has 1 unspecified atom stereocenters. The van der Waals surface area contributed by atoms with Crippen LogP contribution in [0.15, 0.2) is 61.1 Å². The summed E-state index contributed by atoms with van der Waals surface area (Å²) < 4.78 is 12.6. The molecule has 4 rings (SSSR count). The number of hydrogen-bond donors (Lipinski definition) is 1. The maximum atomic E-state index is 12.8. The standard InChI is InChI=1S/C31H37N5O4/c1-4-7-23(8-5-9-29(37)24-10-12-25(13-11-24)40-31-33-16-6-17-34-31)20-36-21-27-22(2)26(14-15-28(27)35-36)30(38)32-18-19-39-3/h6,10-17,21,23H,4-5,7-9,18-20H2,1-3H3,(H,32,38). The summed E-state index contributed by atoms with van der Waals surface area (Å²) in [4.78, 5) is 33.5. The molecule has 0 fully saturated rings. The number of rotatable bonds is 15. The molecule has 9 heteroatoms. The first-order valence-corrected chi connectivity index (χ1v) is 13.8. The summed E-state index contributed by atoms with van der Waals surface area (Å²) in [6.07, 6.45) is 9.63. The van der Waals surface area contributed by atoms with Crippen LogP contribution in [0, 0.1) is 12.8 Å². The maximum Gasteiger partial charge on any atom is 0.321 e. The van der Waals surface area contributed by atoms with E-state index < -0.39 is 0 Å². The molecule has 210 valence electrons. The lowest BCUT2D eigenvalue weighted by molar-refractivity contribution is 0.0935. The SMILES string of the molecule is CCCC(CCCC(=O)c1ccc(Oc2ncccn2)cc1)Cn1cc2c(C)c(C(=O)NCCOC)ccc2n1. The molecule has 0 aliphatic carbocycles. The van der Waals surface area contributed by atoms with Crippen LogP contribution in [0.4, 0.5) is 0 Å². The third kappa shape index (κ3) is 7.72. The zero-order valence-electron chi connectivity index (χ0n) is 23.4. The lowest BCUT2D eigenvalue weighted by Gasteiger charge is -2.16. The average Bonchev–Trinajstić information content (AvgIpc) is 3.38. The number of Topliss-reactive ketones (excluding diaryl/α,β-unsaturated/α-hetero) is 1. The number of methoxy groups -OCH3 is 1. The van der Waals surface area contributed by atoms with Crippen LogP contribution in [0.3, 0.4) is 0 Å². The van der Waals surface area contributed by atoms with Gasteiger partial charge in [0.15, 0.2) is 5.78 Å². The van der Waals surface area contributed by atoms with Gasteiger partial charge in [0.2, 0.25) is 0 Å². The molecule has 0 bridgehead atoms. The lowest BCUT2D eigenvalue weighted by atomic mass is 9.95. The van der Waals surface area contributed by atoms with Crippen LogP contribution in [0.1, 0.15) is 65.3 Å². The van der Waals surface area contributed by atoms with Crippen LogP contribution >= 0.6 is 0 Å². The van der Waals surface area contributed by atoms with Crippen LogP contribution in [-0.2, 0) is 11.3 Å².